The number of carbonyl (C=O) groups is 3. The fourth-order valence-corrected chi connectivity index (χ4v) is 1.76. The standard InChI is InChI=1S/C13H14O9/c1-2-8(13(19,20)21)22-12(18)7-5-3-4-6(10(14)15)9(7)11(16)17/h3-5,8,19-21H,2H2,1H3,(H,14,15)(H,16,17). The fourth-order valence-electron chi connectivity index (χ4n) is 1.76. The first kappa shape index (κ1) is 17.6. The number of hydrogen-bond donors (Lipinski definition) is 5. The summed E-state index contributed by atoms with van der Waals surface area (Å²) < 4.78 is 4.63. The third-order valence-electron chi connectivity index (χ3n) is 2.78. The van der Waals surface area contributed by atoms with Crippen LogP contribution in [0.3, 0.4) is 0 Å². The molecular formula is C13H14O9. The first-order chi connectivity index (χ1) is 10.1. The van der Waals surface area contributed by atoms with Gasteiger partial charge in [-0.1, -0.05) is 13.0 Å². The van der Waals surface area contributed by atoms with Crippen LogP contribution >= 0.6 is 0 Å². The van der Waals surface area contributed by atoms with E-state index in [1.54, 1.807) is 0 Å². The molecule has 0 aliphatic carbocycles. The van der Waals surface area contributed by atoms with Crippen LogP contribution in [0.25, 0.3) is 0 Å². The lowest BCUT2D eigenvalue weighted by atomic mass is 10.0. The third-order valence-corrected chi connectivity index (χ3v) is 2.78. The average molecular weight is 314 g/mol. The highest BCUT2D eigenvalue weighted by Gasteiger charge is 2.35. The van der Waals surface area contributed by atoms with Crippen LogP contribution in [-0.2, 0) is 4.74 Å². The van der Waals surface area contributed by atoms with Crippen molar-refractivity contribution in [2.45, 2.75) is 25.4 Å². The van der Waals surface area contributed by atoms with Crippen LogP contribution in [0.5, 0.6) is 0 Å². The molecule has 9 nitrogen and oxygen atoms in total. The fraction of sp³-hybridized carbons (Fsp3) is 0.308. The van der Waals surface area contributed by atoms with Crippen LogP contribution in [0.15, 0.2) is 18.2 Å². The minimum Gasteiger partial charge on any atom is -0.478 e. The topological polar surface area (TPSA) is 162 Å². The van der Waals surface area contributed by atoms with Gasteiger partial charge < -0.3 is 30.3 Å². The van der Waals surface area contributed by atoms with Crippen molar-refractivity contribution in [1.82, 2.24) is 0 Å². The zero-order valence-electron chi connectivity index (χ0n) is 11.4. The quantitative estimate of drug-likeness (QED) is 0.349. The van der Waals surface area contributed by atoms with Gasteiger partial charge in [0.05, 0.1) is 16.7 Å². The van der Waals surface area contributed by atoms with Crippen molar-refractivity contribution < 1.29 is 44.7 Å². The number of hydrogen-bond acceptors (Lipinski definition) is 7. The summed E-state index contributed by atoms with van der Waals surface area (Å²) in [5, 5.41) is 45.1. The molecule has 1 atom stereocenters. The predicted molar refractivity (Wildman–Crippen MR) is 69.2 cm³/mol. The summed E-state index contributed by atoms with van der Waals surface area (Å²) in [6.45, 7) is 1.38. The molecule has 9 heteroatoms. The van der Waals surface area contributed by atoms with Crippen LogP contribution in [0, 0.1) is 0 Å². The summed E-state index contributed by atoms with van der Waals surface area (Å²) in [6, 6.07) is 3.14. The number of aromatic carboxylic acids is 2. The number of rotatable bonds is 6. The Morgan fingerprint density at radius 3 is 2.05 bits per heavy atom. The Bertz CT molecular complexity index is 600. The highest BCUT2D eigenvalue weighted by molar-refractivity contribution is 6.09. The van der Waals surface area contributed by atoms with E-state index in [9.17, 15) is 14.4 Å². The number of carbonyl (C=O) groups excluding carboxylic acids is 1. The van der Waals surface area contributed by atoms with Crippen molar-refractivity contribution in [1.29, 1.82) is 0 Å². The molecule has 0 bridgehead atoms. The molecule has 0 saturated heterocycles. The number of aliphatic hydroxyl groups is 3. The molecule has 0 aliphatic rings. The maximum atomic E-state index is 11.9. The van der Waals surface area contributed by atoms with Crippen LogP contribution in [-0.4, -0.2) is 55.5 Å². The van der Waals surface area contributed by atoms with Gasteiger partial charge in [-0.2, -0.15) is 0 Å². The average Bonchev–Trinajstić information content (AvgIpc) is 2.41. The maximum Gasteiger partial charge on any atom is 0.339 e. The molecule has 1 aromatic carbocycles. The number of benzene rings is 1. The lowest BCUT2D eigenvalue weighted by Crippen LogP contribution is -2.44. The van der Waals surface area contributed by atoms with Gasteiger partial charge in [0.15, 0.2) is 6.10 Å². The first-order valence-corrected chi connectivity index (χ1v) is 6.07. The summed E-state index contributed by atoms with van der Waals surface area (Å²) in [5.41, 5.74) is -2.01. The van der Waals surface area contributed by atoms with Crippen molar-refractivity contribution in [2.24, 2.45) is 0 Å². The molecule has 1 unspecified atom stereocenters. The second-order valence-electron chi connectivity index (χ2n) is 4.33. The summed E-state index contributed by atoms with van der Waals surface area (Å²) in [6.07, 6.45) is -1.92. The molecule has 0 amide bonds. The molecule has 5 N–H and O–H groups in total. The Kier molecular flexibility index (Phi) is 5.20. The van der Waals surface area contributed by atoms with Crippen LogP contribution in [0.4, 0.5) is 0 Å². The van der Waals surface area contributed by atoms with Gasteiger partial charge in [-0.15, -0.1) is 0 Å². The Morgan fingerprint density at radius 2 is 1.64 bits per heavy atom. The van der Waals surface area contributed by atoms with Crippen molar-refractivity contribution in [3.05, 3.63) is 34.9 Å². The van der Waals surface area contributed by atoms with Gasteiger partial charge in [-0.05, 0) is 18.6 Å². The van der Waals surface area contributed by atoms with Crippen molar-refractivity contribution in [3.8, 4) is 0 Å². The van der Waals surface area contributed by atoms with E-state index in [4.69, 9.17) is 25.5 Å². The molecular weight excluding hydrogens is 300 g/mol. The molecule has 0 spiro atoms. The second kappa shape index (κ2) is 6.52. The molecule has 0 saturated carbocycles. The van der Waals surface area contributed by atoms with E-state index in [0.717, 1.165) is 18.2 Å². The minimum absolute atomic E-state index is 0.184. The monoisotopic (exact) mass is 314 g/mol. The predicted octanol–water partition coefficient (Wildman–Crippen LogP) is -0.351. The Morgan fingerprint density at radius 1 is 1.09 bits per heavy atom. The Labute approximate surface area is 124 Å². The lowest BCUT2D eigenvalue weighted by molar-refractivity contribution is -0.353. The van der Waals surface area contributed by atoms with Crippen molar-refractivity contribution in [2.75, 3.05) is 0 Å². The van der Waals surface area contributed by atoms with E-state index in [-0.39, 0.29) is 6.42 Å². The van der Waals surface area contributed by atoms with Crippen LogP contribution in [0.1, 0.15) is 44.4 Å². The van der Waals surface area contributed by atoms with E-state index in [2.05, 4.69) is 4.74 Å². The molecule has 22 heavy (non-hydrogen) atoms. The third kappa shape index (κ3) is 3.79. The van der Waals surface area contributed by atoms with E-state index in [0.29, 0.717) is 0 Å². The van der Waals surface area contributed by atoms with Crippen LogP contribution < -0.4 is 0 Å². The van der Waals surface area contributed by atoms with Gasteiger partial charge >= 0.3 is 23.9 Å². The molecule has 1 aromatic rings. The van der Waals surface area contributed by atoms with Crippen molar-refractivity contribution >= 4 is 17.9 Å². The minimum atomic E-state index is -3.31. The number of ether oxygens (including phenoxy) is 1. The molecule has 120 valence electrons. The molecule has 0 heterocycles. The van der Waals surface area contributed by atoms with Gasteiger partial charge in [0, 0.05) is 0 Å². The van der Waals surface area contributed by atoms with Gasteiger partial charge in [0.2, 0.25) is 0 Å². The highest BCUT2D eigenvalue weighted by atomic mass is 16.7. The first-order valence-electron chi connectivity index (χ1n) is 6.07. The second-order valence-corrected chi connectivity index (χ2v) is 4.33. The molecule has 0 aliphatic heterocycles. The summed E-state index contributed by atoms with van der Waals surface area (Å²) in [4.78, 5) is 34.1. The smallest absolute Gasteiger partial charge is 0.339 e. The molecule has 0 radical (unpaired) electrons. The zero-order chi connectivity index (χ0) is 17.1. The number of esters is 1. The number of carboxylic acids is 2. The zero-order valence-corrected chi connectivity index (χ0v) is 11.4. The Balaban J connectivity index is 3.27. The molecule has 0 fully saturated rings. The SMILES string of the molecule is CCC(OC(=O)c1cccc(C(=O)O)c1C(=O)O)C(O)(O)O. The Hall–Kier alpha value is -2.49. The van der Waals surface area contributed by atoms with Crippen LogP contribution in [0.2, 0.25) is 0 Å². The van der Waals surface area contributed by atoms with E-state index < -0.39 is 46.7 Å². The largest absolute Gasteiger partial charge is 0.478 e. The highest BCUT2D eigenvalue weighted by Crippen LogP contribution is 2.19. The summed E-state index contributed by atoms with van der Waals surface area (Å²) in [5.74, 6) is -7.84. The maximum absolute atomic E-state index is 11.9. The lowest BCUT2D eigenvalue weighted by Gasteiger charge is -2.24. The van der Waals surface area contributed by atoms with Gasteiger partial charge in [0.25, 0.3) is 0 Å². The normalized spacial score (nSPS) is 12.5. The van der Waals surface area contributed by atoms with Gasteiger partial charge in [-0.25, -0.2) is 14.4 Å². The molecule has 1 rings (SSSR count). The number of carboxylic acid groups (broad SMARTS) is 2. The van der Waals surface area contributed by atoms with Gasteiger partial charge in [-0.3, -0.25) is 0 Å². The van der Waals surface area contributed by atoms with E-state index >= 15 is 0 Å². The van der Waals surface area contributed by atoms with E-state index in [1.807, 2.05) is 0 Å². The summed E-state index contributed by atoms with van der Waals surface area (Å²) >= 11 is 0. The summed E-state index contributed by atoms with van der Waals surface area (Å²) in [7, 11) is 0. The van der Waals surface area contributed by atoms with Gasteiger partial charge in [0.1, 0.15) is 0 Å². The molecule has 0 aromatic heterocycles. The van der Waals surface area contributed by atoms with Crippen molar-refractivity contribution in [3.63, 3.8) is 0 Å². The van der Waals surface area contributed by atoms with E-state index in [1.165, 1.54) is 6.92 Å².